The molecule has 2 bridgehead atoms. The Morgan fingerprint density at radius 1 is 1.40 bits per heavy atom. The Bertz CT molecular complexity index is 441. The maximum atomic E-state index is 12.3. The van der Waals surface area contributed by atoms with E-state index in [0.29, 0.717) is 0 Å². The number of fused-ring (bicyclic) bond motifs is 2. The van der Waals surface area contributed by atoms with E-state index < -0.39 is 11.6 Å². The summed E-state index contributed by atoms with van der Waals surface area (Å²) >= 11 is 0. The summed E-state index contributed by atoms with van der Waals surface area (Å²) in [6, 6.07) is 1.77. The average molecular weight is 275 g/mol. The molecule has 2 rings (SSSR count). The first-order valence-electron chi connectivity index (χ1n) is 7.13. The summed E-state index contributed by atoms with van der Waals surface area (Å²) in [5.74, 6) is 0.0914. The fraction of sp³-hybridized carbons (Fsp3) is 0.800. The maximum Gasteiger partial charge on any atom is 0.410 e. The average Bonchev–Trinajstić information content (AvgIpc) is 2.61. The molecule has 2 fully saturated rings. The van der Waals surface area contributed by atoms with Crippen molar-refractivity contribution in [1.29, 1.82) is 5.26 Å². The Balaban J connectivity index is 2.06. The summed E-state index contributed by atoms with van der Waals surface area (Å²) in [4.78, 5) is 17.5. The Hall–Kier alpha value is -1.75. The van der Waals surface area contributed by atoms with Gasteiger partial charge in [0.1, 0.15) is 5.60 Å². The zero-order valence-corrected chi connectivity index (χ0v) is 12.3. The minimum atomic E-state index is -0.570. The van der Waals surface area contributed by atoms with E-state index in [2.05, 4.69) is 10.9 Å². The van der Waals surface area contributed by atoms with Crippen LogP contribution in [-0.4, -0.2) is 34.7 Å². The molecule has 3 unspecified atom stereocenters. The minimum absolute atomic E-state index is 0.0914. The molecule has 20 heavy (non-hydrogen) atoms. The Morgan fingerprint density at radius 3 is 2.35 bits per heavy atom. The van der Waals surface area contributed by atoms with Crippen LogP contribution >= 0.6 is 0 Å². The number of piperidine rings is 1. The predicted molar refractivity (Wildman–Crippen MR) is 73.6 cm³/mol. The number of amides is 1. The Morgan fingerprint density at radius 2 is 1.95 bits per heavy atom. The number of hydrogen-bond acceptors (Lipinski definition) is 3. The molecule has 0 saturated carbocycles. The van der Waals surface area contributed by atoms with Crippen molar-refractivity contribution in [3.8, 4) is 6.07 Å². The van der Waals surface area contributed by atoms with Crippen molar-refractivity contribution in [2.75, 3.05) is 0 Å². The van der Waals surface area contributed by atoms with Crippen molar-refractivity contribution < 1.29 is 9.53 Å². The zero-order chi connectivity index (χ0) is 14.9. The van der Waals surface area contributed by atoms with Gasteiger partial charge in [-0.2, -0.15) is 5.26 Å². The molecular weight excluding hydrogens is 254 g/mol. The molecule has 0 aromatic carbocycles. The molecule has 0 radical (unpaired) electrons. The molecule has 2 heterocycles. The number of carbonyl (C=O) groups is 1. The van der Waals surface area contributed by atoms with Gasteiger partial charge in [0.2, 0.25) is 0 Å². The largest absolute Gasteiger partial charge is 0.444 e. The molecule has 4 atom stereocenters. The highest BCUT2D eigenvalue weighted by Crippen LogP contribution is 2.41. The highest BCUT2D eigenvalue weighted by Gasteiger charge is 2.48. The van der Waals surface area contributed by atoms with E-state index in [4.69, 9.17) is 16.6 Å². The van der Waals surface area contributed by atoms with Gasteiger partial charge in [0, 0.05) is 12.1 Å². The molecule has 108 valence electrons. The van der Waals surface area contributed by atoms with Crippen molar-refractivity contribution in [3.63, 3.8) is 0 Å². The molecule has 2 saturated heterocycles. The van der Waals surface area contributed by atoms with E-state index in [1.54, 1.807) is 0 Å². The smallest absolute Gasteiger partial charge is 0.410 e. The highest BCUT2D eigenvalue weighted by atomic mass is 16.6. The number of nitrogens with zero attached hydrogens (tertiary/aromatic N) is 3. The van der Waals surface area contributed by atoms with Crippen LogP contribution in [0.5, 0.6) is 0 Å². The molecule has 5 heteroatoms. The number of rotatable bonds is 1. The van der Waals surface area contributed by atoms with Gasteiger partial charge in [0.15, 0.2) is 6.07 Å². The van der Waals surface area contributed by atoms with Gasteiger partial charge in [0.05, 0.1) is 5.92 Å². The molecule has 0 aromatic rings. The first-order valence-corrected chi connectivity index (χ1v) is 7.13. The summed E-state index contributed by atoms with van der Waals surface area (Å²) in [5.41, 5.74) is -0.487. The normalized spacial score (nSPS) is 30.2. The molecule has 5 nitrogen and oxygen atoms in total. The molecule has 1 amide bonds. The van der Waals surface area contributed by atoms with Crippen LogP contribution in [0.15, 0.2) is 0 Å². The lowest BCUT2D eigenvalue weighted by Gasteiger charge is -2.38. The number of nitriles is 1. The summed E-state index contributed by atoms with van der Waals surface area (Å²) in [5, 5.41) is 9.03. The van der Waals surface area contributed by atoms with Crippen LogP contribution in [0.25, 0.3) is 4.85 Å². The third kappa shape index (κ3) is 2.88. The second-order valence-electron chi connectivity index (χ2n) is 6.71. The quantitative estimate of drug-likeness (QED) is 0.691. The number of ether oxygens (including phenoxy) is 1. The first-order chi connectivity index (χ1) is 9.35. The lowest BCUT2D eigenvalue weighted by atomic mass is 9.86. The third-order valence-corrected chi connectivity index (χ3v) is 4.09. The fourth-order valence-electron chi connectivity index (χ4n) is 3.33. The van der Waals surface area contributed by atoms with E-state index in [9.17, 15) is 4.79 Å². The summed E-state index contributed by atoms with van der Waals surface area (Å²) in [6.45, 7) is 12.7. The molecule has 0 spiro atoms. The predicted octanol–water partition coefficient (Wildman–Crippen LogP) is 2.98. The SMILES string of the molecule is [C-]#[N+]C(C#N)C1CC2CC[C@H](C1)N2C(=O)OC(C)(C)C. The van der Waals surface area contributed by atoms with E-state index in [0.717, 1.165) is 25.7 Å². The number of carbonyl (C=O) groups excluding carboxylic acids is 1. The van der Waals surface area contributed by atoms with Crippen LogP contribution < -0.4 is 0 Å². The molecule has 0 aliphatic carbocycles. The topological polar surface area (TPSA) is 57.7 Å². The van der Waals surface area contributed by atoms with Crippen LogP contribution in [0, 0.1) is 23.8 Å². The first kappa shape index (κ1) is 14.7. The molecule has 0 N–H and O–H groups in total. The maximum absolute atomic E-state index is 12.3. The standard InChI is InChI=1S/C15H21N3O2/c1-15(2,3)20-14(19)18-11-5-6-12(18)8-10(7-11)13(9-16)17-4/h10-13H,5-8H2,1-3H3/t10?,11-,12?,13?/m1/s1. The zero-order valence-electron chi connectivity index (χ0n) is 12.3. The van der Waals surface area contributed by atoms with Gasteiger partial charge >= 0.3 is 12.1 Å². The van der Waals surface area contributed by atoms with Crippen molar-refractivity contribution >= 4 is 6.09 Å². The second kappa shape index (κ2) is 5.32. The second-order valence-corrected chi connectivity index (χ2v) is 6.71. The van der Waals surface area contributed by atoms with Crippen molar-refractivity contribution in [2.45, 2.75) is 70.2 Å². The van der Waals surface area contributed by atoms with Gasteiger partial charge < -0.3 is 9.64 Å². The molecule has 0 aromatic heterocycles. The van der Waals surface area contributed by atoms with E-state index in [-0.39, 0.29) is 24.1 Å². The molecule has 2 aliphatic rings. The summed E-state index contributed by atoms with van der Waals surface area (Å²) < 4.78 is 5.47. The van der Waals surface area contributed by atoms with Gasteiger partial charge in [-0.05, 0) is 46.5 Å². The van der Waals surface area contributed by atoms with Gasteiger partial charge in [-0.25, -0.2) is 11.4 Å². The van der Waals surface area contributed by atoms with Crippen LogP contribution in [0.1, 0.15) is 46.5 Å². The fourth-order valence-corrected chi connectivity index (χ4v) is 3.33. The van der Waals surface area contributed by atoms with Crippen LogP contribution in [0.3, 0.4) is 0 Å². The Labute approximate surface area is 120 Å². The van der Waals surface area contributed by atoms with E-state index in [1.165, 1.54) is 0 Å². The van der Waals surface area contributed by atoms with Gasteiger partial charge in [-0.15, -0.1) is 0 Å². The minimum Gasteiger partial charge on any atom is -0.444 e. The monoisotopic (exact) mass is 275 g/mol. The van der Waals surface area contributed by atoms with Gasteiger partial charge in [-0.3, -0.25) is 4.85 Å². The lowest BCUT2D eigenvalue weighted by molar-refractivity contribution is 0.00210. The van der Waals surface area contributed by atoms with Crippen LogP contribution in [0.4, 0.5) is 4.79 Å². The Kier molecular flexibility index (Phi) is 3.90. The van der Waals surface area contributed by atoms with E-state index >= 15 is 0 Å². The number of hydrogen-bond donors (Lipinski definition) is 0. The van der Waals surface area contributed by atoms with Crippen molar-refractivity contribution in [3.05, 3.63) is 11.4 Å². The summed E-state index contributed by atoms with van der Waals surface area (Å²) in [7, 11) is 0. The van der Waals surface area contributed by atoms with Gasteiger partial charge in [0.25, 0.3) is 0 Å². The van der Waals surface area contributed by atoms with Crippen LogP contribution in [0.2, 0.25) is 0 Å². The molecule has 2 aliphatic heterocycles. The summed E-state index contributed by atoms with van der Waals surface area (Å²) in [6.07, 6.45) is 3.15. The van der Waals surface area contributed by atoms with Gasteiger partial charge in [-0.1, -0.05) is 0 Å². The third-order valence-electron chi connectivity index (χ3n) is 4.09. The van der Waals surface area contributed by atoms with Crippen molar-refractivity contribution in [1.82, 2.24) is 4.90 Å². The van der Waals surface area contributed by atoms with Crippen LogP contribution in [-0.2, 0) is 4.74 Å². The highest BCUT2D eigenvalue weighted by molar-refractivity contribution is 5.69. The van der Waals surface area contributed by atoms with E-state index in [1.807, 2.05) is 25.7 Å². The van der Waals surface area contributed by atoms with Crippen molar-refractivity contribution in [2.24, 2.45) is 5.92 Å². The molecular formula is C15H21N3O2. The lowest BCUT2D eigenvalue weighted by Crippen LogP contribution is -2.49.